The zero-order chi connectivity index (χ0) is 18.4. The van der Waals surface area contributed by atoms with Crippen LogP contribution in [0.4, 0.5) is 0 Å². The summed E-state index contributed by atoms with van der Waals surface area (Å²) in [5.74, 6) is 2.15. The van der Waals surface area contributed by atoms with Gasteiger partial charge in [-0.05, 0) is 28.8 Å². The van der Waals surface area contributed by atoms with Crippen LogP contribution in [0.1, 0.15) is 55.4 Å². The summed E-state index contributed by atoms with van der Waals surface area (Å²) in [7, 11) is -0.469. The maximum Gasteiger partial charge on any atom is 0.149 e. The van der Waals surface area contributed by atoms with Gasteiger partial charge in [-0.25, -0.2) is 4.79 Å². The molecule has 0 radical (unpaired) electrons. The Bertz CT molecular complexity index is 395. The van der Waals surface area contributed by atoms with E-state index in [9.17, 15) is 4.79 Å². The molecule has 7 heteroatoms. The first-order valence-corrected chi connectivity index (χ1v) is 13.1. The number of hydrogen-bond donors (Lipinski definition) is 1. The molecule has 0 heterocycles. The van der Waals surface area contributed by atoms with Gasteiger partial charge < -0.3 is 5.32 Å². The van der Waals surface area contributed by atoms with Gasteiger partial charge in [0, 0.05) is 23.6 Å². The molecule has 0 fully saturated rings. The zero-order valence-corrected chi connectivity index (χ0v) is 22.2. The van der Waals surface area contributed by atoms with Crippen molar-refractivity contribution in [2.45, 2.75) is 81.0 Å². The number of allylic oxidation sites excluding steroid dienone is 1. The number of halogens is 2. The molecular weight excluding hydrogens is 512 g/mol. The molecule has 144 valence electrons. The van der Waals surface area contributed by atoms with Crippen molar-refractivity contribution in [1.82, 2.24) is 5.32 Å². The van der Waals surface area contributed by atoms with Crippen molar-refractivity contribution < 1.29 is 21.9 Å². The Hall–Kier alpha value is 1.59. The standard InChI is InChI=1S/C17H33Br2NOP2.Fe/c1-12(2)22(13(3)4)10-9-20-16(11-21)17(18,19)23(14(5)6)15(7)8;/h12-15,20H,9-10H2,1-8H3;. The van der Waals surface area contributed by atoms with Crippen LogP contribution in [0.2, 0.25) is 0 Å². The first-order valence-electron chi connectivity index (χ1n) is 8.38. The molecule has 0 aliphatic carbocycles. The van der Waals surface area contributed by atoms with E-state index in [-0.39, 0.29) is 25.0 Å². The van der Waals surface area contributed by atoms with Crippen LogP contribution in [0.25, 0.3) is 0 Å². The molecular formula is C17H33Br2FeNOP2. The van der Waals surface area contributed by atoms with Crippen LogP contribution in [0.15, 0.2) is 5.70 Å². The van der Waals surface area contributed by atoms with Gasteiger partial charge in [0.25, 0.3) is 0 Å². The van der Waals surface area contributed by atoms with Crippen molar-refractivity contribution in [2.24, 2.45) is 0 Å². The third kappa shape index (κ3) is 8.52. The van der Waals surface area contributed by atoms with Crippen molar-refractivity contribution in [1.29, 1.82) is 0 Å². The molecule has 0 aromatic heterocycles. The van der Waals surface area contributed by atoms with Gasteiger partial charge in [0.2, 0.25) is 0 Å². The number of nitrogens with one attached hydrogen (secondary N) is 1. The van der Waals surface area contributed by atoms with E-state index >= 15 is 0 Å². The molecule has 0 amide bonds. The van der Waals surface area contributed by atoms with E-state index in [0.717, 1.165) is 24.0 Å². The summed E-state index contributed by atoms with van der Waals surface area (Å²) in [6.07, 6.45) is 1.13. The van der Waals surface area contributed by atoms with Gasteiger partial charge in [0.1, 0.15) is 14.6 Å². The van der Waals surface area contributed by atoms with Crippen LogP contribution < -0.4 is 5.32 Å². The molecule has 0 aliphatic heterocycles. The molecule has 0 bridgehead atoms. The van der Waals surface area contributed by atoms with Gasteiger partial charge >= 0.3 is 0 Å². The zero-order valence-electron chi connectivity index (χ0n) is 16.1. The smallest absolute Gasteiger partial charge is 0.149 e. The Labute approximate surface area is 179 Å². The monoisotopic (exact) mass is 543 g/mol. The van der Waals surface area contributed by atoms with Crippen molar-refractivity contribution in [3.63, 3.8) is 0 Å². The Balaban J connectivity index is 0. The van der Waals surface area contributed by atoms with Crippen molar-refractivity contribution >= 4 is 53.6 Å². The SMILES string of the molecule is CC(C)P(CCNC(=C=O)C(Br)(Br)P(C(C)C)C(C)C)C(C)C.[Fe]. The first-order chi connectivity index (χ1) is 10.5. The van der Waals surface area contributed by atoms with Gasteiger partial charge in [-0.15, -0.1) is 0 Å². The second-order valence-corrected chi connectivity index (χ2v) is 18.7. The van der Waals surface area contributed by atoms with Crippen LogP contribution in [0, 0.1) is 0 Å². The normalized spacial score (nSPS) is 12.3. The molecule has 2 nitrogen and oxygen atoms in total. The van der Waals surface area contributed by atoms with E-state index in [1.165, 1.54) is 0 Å². The fourth-order valence-corrected chi connectivity index (χ4v) is 13.8. The van der Waals surface area contributed by atoms with Gasteiger partial charge in [0.05, 0.1) is 0 Å². The molecule has 24 heavy (non-hydrogen) atoms. The maximum atomic E-state index is 11.6. The minimum atomic E-state index is -0.474. The molecule has 0 spiro atoms. The van der Waals surface area contributed by atoms with Gasteiger partial charge in [-0.1, -0.05) is 103 Å². The summed E-state index contributed by atoms with van der Waals surface area (Å²) in [4.78, 5) is 11.6. The third-order valence-corrected chi connectivity index (χ3v) is 13.6. The predicted octanol–water partition coefficient (Wildman–Crippen LogP) is 6.33. The quantitative estimate of drug-likeness (QED) is 0.151. The Morgan fingerprint density at radius 3 is 1.67 bits per heavy atom. The van der Waals surface area contributed by atoms with E-state index in [2.05, 4.69) is 98.5 Å². The number of rotatable bonds is 10. The number of carbonyl (C=O) groups excluding carboxylic acids is 1. The average Bonchev–Trinajstić information content (AvgIpc) is 2.35. The summed E-state index contributed by atoms with van der Waals surface area (Å²) >= 11 is 7.58. The van der Waals surface area contributed by atoms with Gasteiger partial charge in [-0.2, -0.15) is 0 Å². The summed E-state index contributed by atoms with van der Waals surface area (Å²) in [5.41, 5.74) is 3.08. The molecule has 0 saturated carbocycles. The summed E-state index contributed by atoms with van der Waals surface area (Å²) in [6, 6.07) is 0. The molecule has 0 saturated heterocycles. The van der Waals surface area contributed by atoms with Crippen LogP contribution in [-0.4, -0.2) is 44.3 Å². The largest absolute Gasteiger partial charge is 0.377 e. The predicted molar refractivity (Wildman–Crippen MR) is 117 cm³/mol. The van der Waals surface area contributed by atoms with E-state index in [0.29, 0.717) is 17.0 Å². The van der Waals surface area contributed by atoms with E-state index in [1.807, 2.05) is 0 Å². The van der Waals surface area contributed by atoms with Crippen molar-refractivity contribution in [3.8, 4) is 0 Å². The molecule has 0 unspecified atom stereocenters. The fourth-order valence-electron chi connectivity index (χ4n) is 3.00. The van der Waals surface area contributed by atoms with Crippen molar-refractivity contribution in [3.05, 3.63) is 5.70 Å². The Morgan fingerprint density at radius 1 is 0.958 bits per heavy atom. The summed E-state index contributed by atoms with van der Waals surface area (Å²) in [5, 5.41) is 3.37. The second kappa shape index (κ2) is 12.9. The molecule has 0 rings (SSSR count). The van der Waals surface area contributed by atoms with Crippen molar-refractivity contribution in [2.75, 3.05) is 12.7 Å². The minimum Gasteiger partial charge on any atom is -0.377 e. The third-order valence-electron chi connectivity index (χ3n) is 3.84. The maximum absolute atomic E-state index is 11.6. The van der Waals surface area contributed by atoms with E-state index in [1.54, 1.807) is 0 Å². The number of alkyl halides is 2. The van der Waals surface area contributed by atoms with Crippen LogP contribution in [0.3, 0.4) is 0 Å². The van der Waals surface area contributed by atoms with Crippen LogP contribution in [-0.2, 0) is 21.9 Å². The van der Waals surface area contributed by atoms with E-state index in [4.69, 9.17) is 0 Å². The summed E-state index contributed by atoms with van der Waals surface area (Å²) < 4.78 is -0.474. The Kier molecular flexibility index (Phi) is 14.9. The van der Waals surface area contributed by atoms with Gasteiger partial charge in [-0.3, -0.25) is 0 Å². The number of hydrogen-bond acceptors (Lipinski definition) is 2. The van der Waals surface area contributed by atoms with Crippen LogP contribution >= 0.6 is 47.7 Å². The molecule has 0 aromatic rings. The van der Waals surface area contributed by atoms with Gasteiger partial charge in [0.15, 0.2) is 0 Å². The molecule has 0 aromatic carbocycles. The summed E-state index contributed by atoms with van der Waals surface area (Å²) in [6.45, 7) is 19.0. The van der Waals surface area contributed by atoms with Crippen LogP contribution in [0.5, 0.6) is 0 Å². The molecule has 1 N–H and O–H groups in total. The topological polar surface area (TPSA) is 29.1 Å². The average molecular weight is 545 g/mol. The first kappa shape index (κ1) is 27.8. The fraction of sp³-hybridized carbons (Fsp3) is 0.882. The van der Waals surface area contributed by atoms with E-state index < -0.39 is 10.9 Å². The Morgan fingerprint density at radius 2 is 1.38 bits per heavy atom. The minimum absolute atomic E-state index is 0. The second-order valence-electron chi connectivity index (χ2n) is 6.97. The molecule has 0 atom stereocenters. The molecule has 0 aliphatic rings.